The number of hydrogen-bond donors (Lipinski definition) is 1. The van der Waals surface area contributed by atoms with E-state index >= 15 is 0 Å². The Morgan fingerprint density at radius 3 is 2.50 bits per heavy atom. The normalized spacial score (nSPS) is 24.6. The van der Waals surface area contributed by atoms with Gasteiger partial charge in [0.2, 0.25) is 0 Å². The van der Waals surface area contributed by atoms with Crippen LogP contribution in [0.25, 0.3) is 0 Å². The molecule has 0 aliphatic heterocycles. The van der Waals surface area contributed by atoms with Gasteiger partial charge in [-0.15, -0.1) is 0 Å². The first-order chi connectivity index (χ1) is 9.65. The van der Waals surface area contributed by atoms with Crippen molar-refractivity contribution < 1.29 is 0 Å². The standard InChI is InChI=1S/C17H25Cl2N/c1-3-4-12-5-7-13(8-6-12)17(20-2)15-11-14(18)9-10-16(15)19/h9-13,17,20H,3-8H2,1-2H3. The molecule has 3 heteroatoms. The van der Waals surface area contributed by atoms with E-state index in [0.29, 0.717) is 12.0 Å². The Morgan fingerprint density at radius 1 is 1.20 bits per heavy atom. The van der Waals surface area contributed by atoms with Crippen molar-refractivity contribution >= 4 is 23.2 Å². The Morgan fingerprint density at radius 2 is 1.90 bits per heavy atom. The highest BCUT2D eigenvalue weighted by molar-refractivity contribution is 6.33. The molecule has 0 aromatic heterocycles. The zero-order valence-corrected chi connectivity index (χ0v) is 14.0. The Hall–Kier alpha value is -0.240. The SMILES string of the molecule is CCCC1CCC(C(NC)c2cc(Cl)ccc2Cl)CC1. The third-order valence-corrected chi connectivity index (χ3v) is 5.24. The predicted octanol–water partition coefficient (Wildman–Crippen LogP) is 5.86. The van der Waals surface area contributed by atoms with Crippen LogP contribution < -0.4 is 5.32 Å². The lowest BCUT2D eigenvalue weighted by Crippen LogP contribution is -2.29. The molecule has 1 atom stereocenters. The van der Waals surface area contributed by atoms with Gasteiger partial charge in [0.1, 0.15) is 0 Å². The number of halogens is 2. The first-order valence-electron chi connectivity index (χ1n) is 7.78. The van der Waals surface area contributed by atoms with Crippen molar-refractivity contribution in [1.29, 1.82) is 0 Å². The van der Waals surface area contributed by atoms with E-state index in [1.807, 2.05) is 25.2 Å². The van der Waals surface area contributed by atoms with Crippen molar-refractivity contribution in [3.8, 4) is 0 Å². The highest BCUT2D eigenvalue weighted by atomic mass is 35.5. The van der Waals surface area contributed by atoms with Gasteiger partial charge in [0, 0.05) is 16.1 Å². The van der Waals surface area contributed by atoms with Crippen LogP contribution in [-0.4, -0.2) is 7.05 Å². The van der Waals surface area contributed by atoms with E-state index in [2.05, 4.69) is 12.2 Å². The van der Waals surface area contributed by atoms with Gasteiger partial charge in [0.05, 0.1) is 0 Å². The Balaban J connectivity index is 2.07. The van der Waals surface area contributed by atoms with E-state index < -0.39 is 0 Å². The summed E-state index contributed by atoms with van der Waals surface area (Å²) in [7, 11) is 2.03. The molecule has 0 heterocycles. The lowest BCUT2D eigenvalue weighted by molar-refractivity contribution is 0.219. The van der Waals surface area contributed by atoms with Gasteiger partial charge >= 0.3 is 0 Å². The van der Waals surface area contributed by atoms with Crippen LogP contribution in [0.4, 0.5) is 0 Å². The highest BCUT2D eigenvalue weighted by Gasteiger charge is 2.28. The molecule has 1 N–H and O–H groups in total. The number of nitrogens with one attached hydrogen (secondary N) is 1. The number of benzene rings is 1. The molecule has 112 valence electrons. The summed E-state index contributed by atoms with van der Waals surface area (Å²) < 4.78 is 0. The van der Waals surface area contributed by atoms with Gasteiger partial charge in [-0.2, -0.15) is 0 Å². The minimum absolute atomic E-state index is 0.323. The van der Waals surface area contributed by atoms with Crippen molar-refractivity contribution in [2.75, 3.05) is 7.05 Å². The van der Waals surface area contributed by atoms with Gasteiger partial charge in [-0.3, -0.25) is 0 Å². The molecule has 0 amide bonds. The van der Waals surface area contributed by atoms with Crippen LogP contribution in [0.3, 0.4) is 0 Å². The number of hydrogen-bond acceptors (Lipinski definition) is 1. The monoisotopic (exact) mass is 313 g/mol. The molecule has 1 saturated carbocycles. The largest absolute Gasteiger partial charge is 0.313 e. The average Bonchev–Trinajstić information content (AvgIpc) is 2.45. The molecule has 20 heavy (non-hydrogen) atoms. The van der Waals surface area contributed by atoms with Crippen LogP contribution in [0.5, 0.6) is 0 Å². The second-order valence-corrected chi connectivity index (χ2v) is 6.85. The minimum atomic E-state index is 0.323. The quantitative estimate of drug-likeness (QED) is 0.717. The fourth-order valence-electron chi connectivity index (χ4n) is 3.62. The van der Waals surface area contributed by atoms with Crippen molar-refractivity contribution in [3.63, 3.8) is 0 Å². The average molecular weight is 314 g/mol. The maximum atomic E-state index is 6.37. The summed E-state index contributed by atoms with van der Waals surface area (Å²) in [5.74, 6) is 1.60. The summed E-state index contributed by atoms with van der Waals surface area (Å²) in [5, 5.41) is 5.05. The van der Waals surface area contributed by atoms with Crippen molar-refractivity contribution in [3.05, 3.63) is 33.8 Å². The Labute approximate surface area is 133 Å². The van der Waals surface area contributed by atoms with E-state index in [1.54, 1.807) is 0 Å². The van der Waals surface area contributed by atoms with Gasteiger partial charge in [-0.05, 0) is 55.5 Å². The van der Waals surface area contributed by atoms with E-state index in [-0.39, 0.29) is 0 Å². The lowest BCUT2D eigenvalue weighted by atomic mass is 9.75. The smallest absolute Gasteiger partial charge is 0.0454 e. The molecule has 2 rings (SSSR count). The lowest BCUT2D eigenvalue weighted by Gasteiger charge is -2.34. The Kier molecular flexibility index (Phi) is 6.20. The summed E-state index contributed by atoms with van der Waals surface area (Å²) in [6, 6.07) is 6.11. The van der Waals surface area contributed by atoms with E-state index in [0.717, 1.165) is 21.5 Å². The molecular weight excluding hydrogens is 289 g/mol. The van der Waals surface area contributed by atoms with Crippen LogP contribution >= 0.6 is 23.2 Å². The third-order valence-electron chi connectivity index (χ3n) is 4.66. The van der Waals surface area contributed by atoms with Crippen molar-refractivity contribution in [2.45, 2.75) is 51.5 Å². The summed E-state index contributed by atoms with van der Waals surface area (Å²) in [6.45, 7) is 2.29. The molecule has 0 spiro atoms. The third kappa shape index (κ3) is 3.90. The van der Waals surface area contributed by atoms with Gasteiger partial charge in [-0.25, -0.2) is 0 Å². The predicted molar refractivity (Wildman–Crippen MR) is 88.6 cm³/mol. The van der Waals surface area contributed by atoms with Gasteiger partial charge in [0.25, 0.3) is 0 Å². The van der Waals surface area contributed by atoms with Gasteiger partial charge < -0.3 is 5.32 Å². The second-order valence-electron chi connectivity index (χ2n) is 6.00. The molecule has 0 saturated heterocycles. The fourth-order valence-corrected chi connectivity index (χ4v) is 4.03. The summed E-state index contributed by atoms with van der Waals surface area (Å²) in [4.78, 5) is 0. The molecule has 1 aliphatic carbocycles. The fraction of sp³-hybridized carbons (Fsp3) is 0.647. The maximum absolute atomic E-state index is 6.37. The minimum Gasteiger partial charge on any atom is -0.313 e. The van der Waals surface area contributed by atoms with E-state index in [4.69, 9.17) is 23.2 Å². The first kappa shape index (κ1) is 16.1. The molecule has 1 unspecified atom stereocenters. The summed E-state index contributed by atoms with van der Waals surface area (Å²) in [5.41, 5.74) is 1.15. The molecule has 1 aliphatic rings. The van der Waals surface area contributed by atoms with Gasteiger partial charge in [0.15, 0.2) is 0 Å². The molecule has 1 fully saturated rings. The van der Waals surface area contributed by atoms with Crippen LogP contribution in [0.15, 0.2) is 18.2 Å². The molecule has 0 radical (unpaired) electrons. The van der Waals surface area contributed by atoms with Crippen LogP contribution in [0.1, 0.15) is 57.1 Å². The second kappa shape index (κ2) is 7.68. The zero-order chi connectivity index (χ0) is 14.5. The summed E-state index contributed by atoms with van der Waals surface area (Å²) in [6.07, 6.45) is 7.99. The van der Waals surface area contributed by atoms with Crippen molar-refractivity contribution in [2.24, 2.45) is 11.8 Å². The van der Waals surface area contributed by atoms with E-state index in [9.17, 15) is 0 Å². The summed E-state index contributed by atoms with van der Waals surface area (Å²) >= 11 is 12.5. The highest BCUT2D eigenvalue weighted by Crippen LogP contribution is 2.40. The van der Waals surface area contributed by atoms with Crippen LogP contribution in [0, 0.1) is 11.8 Å². The number of rotatable bonds is 5. The molecule has 0 bridgehead atoms. The van der Waals surface area contributed by atoms with Crippen molar-refractivity contribution in [1.82, 2.24) is 5.32 Å². The first-order valence-corrected chi connectivity index (χ1v) is 8.53. The maximum Gasteiger partial charge on any atom is 0.0454 e. The van der Waals surface area contributed by atoms with Crippen LogP contribution in [-0.2, 0) is 0 Å². The van der Waals surface area contributed by atoms with E-state index in [1.165, 1.54) is 38.5 Å². The van der Waals surface area contributed by atoms with Crippen LogP contribution in [0.2, 0.25) is 10.0 Å². The zero-order valence-electron chi connectivity index (χ0n) is 12.5. The molecule has 1 aromatic carbocycles. The molecule has 1 nitrogen and oxygen atoms in total. The molecule has 1 aromatic rings. The topological polar surface area (TPSA) is 12.0 Å². The molecular formula is C17H25Cl2N. The van der Waals surface area contributed by atoms with Gasteiger partial charge in [-0.1, -0.05) is 55.8 Å². The Bertz CT molecular complexity index is 425.